The van der Waals surface area contributed by atoms with E-state index in [2.05, 4.69) is 10.2 Å². The summed E-state index contributed by atoms with van der Waals surface area (Å²) in [6.07, 6.45) is 2.15. The van der Waals surface area contributed by atoms with Crippen LogP contribution in [-0.4, -0.2) is 35.0 Å². The Balaban J connectivity index is 1.81. The van der Waals surface area contributed by atoms with Crippen LogP contribution in [-0.2, 0) is 7.05 Å². The number of likely N-dealkylation sites (tertiary alicyclic amines) is 1. The molecule has 1 aromatic carbocycles. The van der Waals surface area contributed by atoms with Gasteiger partial charge in [-0.1, -0.05) is 17.7 Å². The van der Waals surface area contributed by atoms with E-state index in [-0.39, 0.29) is 17.8 Å². The lowest BCUT2D eigenvalue weighted by atomic mass is 10.0. The van der Waals surface area contributed by atoms with Crippen molar-refractivity contribution in [1.29, 1.82) is 0 Å². The van der Waals surface area contributed by atoms with Gasteiger partial charge in [0.15, 0.2) is 0 Å². The van der Waals surface area contributed by atoms with E-state index in [0.29, 0.717) is 22.8 Å². The number of aromatic nitrogens is 1. The zero-order valence-electron chi connectivity index (χ0n) is 14.6. The summed E-state index contributed by atoms with van der Waals surface area (Å²) in [5.74, 6) is -0.486. The number of rotatable bonds is 5. The standard InChI is InChI=1S/C19H23ClFN3O/c1-13-8-9-16(23(13)2)19(25)22-12-17(24-10-3-4-11-24)18-14(20)6-5-7-15(18)21/h5-9,17H,3-4,10-12H2,1-2H3,(H,22,25). The zero-order valence-corrected chi connectivity index (χ0v) is 15.3. The molecule has 1 aliphatic heterocycles. The van der Waals surface area contributed by atoms with Crippen molar-refractivity contribution in [1.82, 2.24) is 14.8 Å². The second-order valence-corrected chi connectivity index (χ2v) is 6.93. The van der Waals surface area contributed by atoms with Crippen LogP contribution < -0.4 is 5.32 Å². The van der Waals surface area contributed by atoms with Crippen molar-refractivity contribution in [2.45, 2.75) is 25.8 Å². The number of nitrogens with one attached hydrogen (secondary N) is 1. The Morgan fingerprint density at radius 3 is 2.60 bits per heavy atom. The van der Waals surface area contributed by atoms with Crippen LogP contribution in [0.5, 0.6) is 0 Å². The van der Waals surface area contributed by atoms with E-state index in [1.54, 1.807) is 18.2 Å². The van der Waals surface area contributed by atoms with Gasteiger partial charge < -0.3 is 9.88 Å². The quantitative estimate of drug-likeness (QED) is 0.879. The predicted molar refractivity (Wildman–Crippen MR) is 97.4 cm³/mol. The van der Waals surface area contributed by atoms with E-state index in [1.807, 2.05) is 24.6 Å². The van der Waals surface area contributed by atoms with Gasteiger partial charge in [0.2, 0.25) is 0 Å². The number of halogens is 2. The topological polar surface area (TPSA) is 37.3 Å². The van der Waals surface area contributed by atoms with Crippen LogP contribution in [0.25, 0.3) is 0 Å². The van der Waals surface area contributed by atoms with Crippen molar-refractivity contribution >= 4 is 17.5 Å². The fourth-order valence-corrected chi connectivity index (χ4v) is 3.71. The molecule has 0 bridgehead atoms. The highest BCUT2D eigenvalue weighted by Gasteiger charge is 2.28. The van der Waals surface area contributed by atoms with Crippen molar-refractivity contribution in [3.63, 3.8) is 0 Å². The molecule has 2 aromatic rings. The SMILES string of the molecule is Cc1ccc(C(=O)NCC(c2c(F)cccc2Cl)N2CCCC2)n1C. The average Bonchev–Trinajstić information content (AvgIpc) is 3.21. The van der Waals surface area contributed by atoms with Gasteiger partial charge in [0.05, 0.1) is 6.04 Å². The smallest absolute Gasteiger partial charge is 0.267 e. The summed E-state index contributed by atoms with van der Waals surface area (Å²) >= 11 is 6.28. The number of aryl methyl sites for hydroxylation is 1. The minimum atomic E-state index is -0.326. The first-order valence-electron chi connectivity index (χ1n) is 8.57. The maximum atomic E-state index is 14.4. The molecule has 4 nitrogen and oxygen atoms in total. The Kier molecular flexibility index (Phi) is 5.45. The Bertz CT molecular complexity index is 748. The molecule has 1 saturated heterocycles. The third-order valence-corrected chi connectivity index (χ3v) is 5.31. The van der Waals surface area contributed by atoms with Crippen LogP contribution >= 0.6 is 11.6 Å². The fraction of sp³-hybridized carbons (Fsp3) is 0.421. The fourth-order valence-electron chi connectivity index (χ4n) is 3.42. The number of amides is 1. The van der Waals surface area contributed by atoms with Crippen molar-refractivity contribution in [3.05, 3.63) is 58.1 Å². The molecule has 0 saturated carbocycles. The Morgan fingerprint density at radius 2 is 2.00 bits per heavy atom. The second kappa shape index (κ2) is 7.58. The molecule has 0 aliphatic carbocycles. The van der Waals surface area contributed by atoms with Gasteiger partial charge in [-0.2, -0.15) is 0 Å². The molecule has 6 heteroatoms. The number of hydrogen-bond donors (Lipinski definition) is 1. The lowest BCUT2D eigenvalue weighted by Gasteiger charge is -2.29. The lowest BCUT2D eigenvalue weighted by molar-refractivity contribution is 0.0929. The normalized spacial score (nSPS) is 16.2. The van der Waals surface area contributed by atoms with Crippen LogP contribution in [0, 0.1) is 12.7 Å². The number of benzene rings is 1. The highest BCUT2D eigenvalue weighted by molar-refractivity contribution is 6.31. The average molecular weight is 364 g/mol. The molecule has 1 amide bonds. The second-order valence-electron chi connectivity index (χ2n) is 6.52. The molecule has 0 spiro atoms. The summed E-state index contributed by atoms with van der Waals surface area (Å²) in [6, 6.07) is 8.17. The molecule has 1 atom stereocenters. The first-order chi connectivity index (χ1) is 12.0. The molecular formula is C19H23ClFN3O. The van der Waals surface area contributed by atoms with Crippen LogP contribution in [0.2, 0.25) is 5.02 Å². The maximum Gasteiger partial charge on any atom is 0.267 e. The lowest BCUT2D eigenvalue weighted by Crippen LogP contribution is -2.38. The predicted octanol–water partition coefficient (Wildman–Crippen LogP) is 3.69. The maximum absolute atomic E-state index is 14.4. The van der Waals surface area contributed by atoms with Gasteiger partial charge in [-0.15, -0.1) is 0 Å². The van der Waals surface area contributed by atoms with Gasteiger partial charge in [0.1, 0.15) is 11.5 Å². The zero-order chi connectivity index (χ0) is 18.0. The summed E-state index contributed by atoms with van der Waals surface area (Å²) in [6.45, 7) is 4.04. The molecule has 1 N–H and O–H groups in total. The summed E-state index contributed by atoms with van der Waals surface area (Å²) in [4.78, 5) is 14.7. The first-order valence-corrected chi connectivity index (χ1v) is 8.95. The molecule has 1 aliphatic rings. The summed E-state index contributed by atoms with van der Waals surface area (Å²) in [5, 5.41) is 3.36. The van der Waals surface area contributed by atoms with Gasteiger partial charge in [0, 0.05) is 29.9 Å². The van der Waals surface area contributed by atoms with Crippen molar-refractivity contribution in [2.75, 3.05) is 19.6 Å². The highest BCUT2D eigenvalue weighted by atomic mass is 35.5. The molecule has 0 radical (unpaired) electrons. The van der Waals surface area contributed by atoms with Gasteiger partial charge in [-0.25, -0.2) is 4.39 Å². The van der Waals surface area contributed by atoms with Crippen LogP contribution in [0.4, 0.5) is 4.39 Å². The molecule has 1 aromatic heterocycles. The minimum Gasteiger partial charge on any atom is -0.349 e. The molecule has 2 heterocycles. The number of hydrogen-bond acceptors (Lipinski definition) is 2. The van der Waals surface area contributed by atoms with Gasteiger partial charge >= 0.3 is 0 Å². The van der Waals surface area contributed by atoms with Crippen LogP contribution in [0.15, 0.2) is 30.3 Å². The molecule has 25 heavy (non-hydrogen) atoms. The van der Waals surface area contributed by atoms with Gasteiger partial charge in [-0.3, -0.25) is 9.69 Å². The Labute approximate surface area is 152 Å². The van der Waals surface area contributed by atoms with Crippen LogP contribution in [0.1, 0.15) is 40.6 Å². The molecule has 3 rings (SSSR count). The molecular weight excluding hydrogens is 341 g/mol. The molecule has 134 valence electrons. The number of carbonyl (C=O) groups excluding carboxylic acids is 1. The van der Waals surface area contributed by atoms with E-state index in [4.69, 9.17) is 11.6 Å². The van der Waals surface area contributed by atoms with Crippen molar-refractivity contribution in [2.24, 2.45) is 7.05 Å². The summed E-state index contributed by atoms with van der Waals surface area (Å²) in [5.41, 5.74) is 2.07. The van der Waals surface area contributed by atoms with Crippen molar-refractivity contribution < 1.29 is 9.18 Å². The van der Waals surface area contributed by atoms with Gasteiger partial charge in [0.25, 0.3) is 5.91 Å². The first kappa shape index (κ1) is 18.0. The molecule has 1 unspecified atom stereocenters. The van der Waals surface area contributed by atoms with Gasteiger partial charge in [-0.05, 0) is 57.1 Å². The van der Waals surface area contributed by atoms with E-state index in [0.717, 1.165) is 31.6 Å². The largest absolute Gasteiger partial charge is 0.349 e. The summed E-state index contributed by atoms with van der Waals surface area (Å²) < 4.78 is 16.3. The van der Waals surface area contributed by atoms with E-state index in [1.165, 1.54) is 6.07 Å². The van der Waals surface area contributed by atoms with Crippen molar-refractivity contribution in [3.8, 4) is 0 Å². The Hall–Kier alpha value is -1.85. The monoisotopic (exact) mass is 363 g/mol. The number of nitrogens with zero attached hydrogens (tertiary/aromatic N) is 2. The minimum absolute atomic E-state index is 0.160. The van der Waals surface area contributed by atoms with E-state index >= 15 is 0 Å². The Morgan fingerprint density at radius 1 is 1.28 bits per heavy atom. The summed E-state index contributed by atoms with van der Waals surface area (Å²) in [7, 11) is 1.86. The number of carbonyl (C=O) groups is 1. The third kappa shape index (κ3) is 3.72. The molecule has 1 fully saturated rings. The third-order valence-electron chi connectivity index (χ3n) is 4.98. The van der Waals surface area contributed by atoms with E-state index in [9.17, 15) is 9.18 Å². The van der Waals surface area contributed by atoms with Crippen LogP contribution in [0.3, 0.4) is 0 Å². The van der Waals surface area contributed by atoms with E-state index < -0.39 is 0 Å². The highest BCUT2D eigenvalue weighted by Crippen LogP contribution is 2.32.